The Morgan fingerprint density at radius 1 is 1.48 bits per heavy atom. The highest BCUT2D eigenvalue weighted by molar-refractivity contribution is 5.97. The Hall–Kier alpha value is -1.60. The zero-order valence-corrected chi connectivity index (χ0v) is 13.1. The molecular formula is C14H26N6O. The Labute approximate surface area is 125 Å². The Balaban J connectivity index is 1.92. The van der Waals surface area contributed by atoms with Crippen LogP contribution in [0.1, 0.15) is 29.5 Å². The van der Waals surface area contributed by atoms with Gasteiger partial charge in [-0.3, -0.25) is 14.8 Å². The molecule has 2 heterocycles. The number of carbonyl (C=O) groups is 1. The second-order valence-electron chi connectivity index (χ2n) is 5.82. The predicted octanol–water partition coefficient (Wildman–Crippen LogP) is -0.0800. The number of piperazine rings is 1. The van der Waals surface area contributed by atoms with E-state index in [1.54, 1.807) is 0 Å². The van der Waals surface area contributed by atoms with Crippen molar-refractivity contribution < 1.29 is 4.79 Å². The highest BCUT2D eigenvalue weighted by Gasteiger charge is 2.24. The predicted molar refractivity (Wildman–Crippen MR) is 83.2 cm³/mol. The molecule has 7 nitrogen and oxygen atoms in total. The van der Waals surface area contributed by atoms with Crippen molar-refractivity contribution in [3.05, 3.63) is 11.4 Å². The molecule has 1 unspecified atom stereocenters. The summed E-state index contributed by atoms with van der Waals surface area (Å²) in [5, 5.41) is 9.85. The number of nitrogens with two attached hydrogens (primary N) is 1. The highest BCUT2D eigenvalue weighted by Crippen LogP contribution is 2.15. The summed E-state index contributed by atoms with van der Waals surface area (Å²) in [4.78, 5) is 16.8. The van der Waals surface area contributed by atoms with E-state index in [2.05, 4.69) is 46.3 Å². The van der Waals surface area contributed by atoms with E-state index in [-0.39, 0.29) is 5.91 Å². The van der Waals surface area contributed by atoms with Gasteiger partial charge in [-0.05, 0) is 20.5 Å². The van der Waals surface area contributed by atoms with E-state index in [1.165, 1.54) is 0 Å². The van der Waals surface area contributed by atoms with Gasteiger partial charge in [0.25, 0.3) is 5.91 Å². The molecule has 1 aromatic rings. The molecule has 1 aromatic heterocycles. The van der Waals surface area contributed by atoms with Crippen molar-refractivity contribution in [2.75, 3.05) is 46.0 Å². The van der Waals surface area contributed by atoms with E-state index in [0.717, 1.165) is 38.2 Å². The van der Waals surface area contributed by atoms with Crippen molar-refractivity contribution >= 4 is 11.6 Å². The number of rotatable bonds is 5. The molecule has 1 atom stereocenters. The van der Waals surface area contributed by atoms with Crippen LogP contribution in [0.3, 0.4) is 0 Å². The first kappa shape index (κ1) is 15.8. The van der Waals surface area contributed by atoms with Gasteiger partial charge in [-0.2, -0.15) is 5.10 Å². The third-order valence-corrected chi connectivity index (χ3v) is 4.08. The lowest BCUT2D eigenvalue weighted by Crippen LogP contribution is -2.54. The summed E-state index contributed by atoms with van der Waals surface area (Å²) in [7, 11) is 4.19. The number of carbonyl (C=O) groups excluding carboxylic acids is 1. The summed E-state index contributed by atoms with van der Waals surface area (Å²) in [6.07, 6.45) is 1.77. The molecule has 4 N–H and O–H groups in total. The quantitative estimate of drug-likeness (QED) is 0.707. The van der Waals surface area contributed by atoms with Gasteiger partial charge in [-0.15, -0.1) is 0 Å². The Morgan fingerprint density at radius 3 is 2.95 bits per heavy atom. The van der Waals surface area contributed by atoms with Crippen LogP contribution in [0.25, 0.3) is 0 Å². The molecule has 0 radical (unpaired) electrons. The van der Waals surface area contributed by atoms with Gasteiger partial charge in [0.1, 0.15) is 0 Å². The van der Waals surface area contributed by atoms with E-state index in [1.807, 2.05) is 0 Å². The second kappa shape index (κ2) is 6.91. The lowest BCUT2D eigenvalue weighted by Gasteiger charge is -2.37. The molecule has 0 aromatic carbocycles. The smallest absolute Gasteiger partial charge is 0.273 e. The van der Waals surface area contributed by atoms with Gasteiger partial charge in [0, 0.05) is 32.2 Å². The van der Waals surface area contributed by atoms with E-state index >= 15 is 0 Å². The summed E-state index contributed by atoms with van der Waals surface area (Å²) >= 11 is 0. The van der Waals surface area contributed by atoms with Crippen LogP contribution in [0.2, 0.25) is 0 Å². The number of aryl methyl sites for hydroxylation is 1. The molecule has 2 rings (SSSR count). The molecule has 7 heteroatoms. The van der Waals surface area contributed by atoms with Crippen LogP contribution in [-0.2, 0) is 6.42 Å². The molecule has 0 bridgehead atoms. The number of hydrogen-bond donors (Lipinski definition) is 3. The third kappa shape index (κ3) is 3.74. The number of H-pyrrole nitrogens is 1. The fourth-order valence-corrected chi connectivity index (χ4v) is 2.62. The summed E-state index contributed by atoms with van der Waals surface area (Å²) in [5.41, 5.74) is 7.61. The van der Waals surface area contributed by atoms with Crippen molar-refractivity contribution in [2.24, 2.45) is 0 Å². The minimum absolute atomic E-state index is 0.201. The Kier molecular flexibility index (Phi) is 5.19. The summed E-state index contributed by atoms with van der Waals surface area (Å²) in [6, 6.07) is 0.322. The first-order valence-electron chi connectivity index (χ1n) is 7.52. The number of likely N-dealkylation sites (N-methyl/N-ethyl adjacent to an activating group) is 2. The van der Waals surface area contributed by atoms with Gasteiger partial charge in [0.2, 0.25) is 0 Å². The number of anilines is 1. The van der Waals surface area contributed by atoms with Crippen LogP contribution in [0, 0.1) is 0 Å². The van der Waals surface area contributed by atoms with Gasteiger partial charge < -0.3 is 16.0 Å². The number of hydrogen-bond acceptors (Lipinski definition) is 5. The average Bonchev–Trinajstić information content (AvgIpc) is 2.81. The topological polar surface area (TPSA) is 90.3 Å². The molecule has 0 aliphatic carbocycles. The standard InChI is InChI=1S/C14H26N6O/c1-4-5-11-12(15)13(18-17-11)14(21)16-8-10-9-19(2)6-7-20(10)3/h10H,4-9,15H2,1-3H3,(H,16,21)(H,17,18). The number of nitrogens with zero attached hydrogens (tertiary/aromatic N) is 3. The third-order valence-electron chi connectivity index (χ3n) is 4.08. The van der Waals surface area contributed by atoms with Crippen LogP contribution in [0.15, 0.2) is 0 Å². The monoisotopic (exact) mass is 294 g/mol. The first-order valence-corrected chi connectivity index (χ1v) is 7.52. The Bertz CT molecular complexity index is 486. The molecular weight excluding hydrogens is 268 g/mol. The lowest BCUT2D eigenvalue weighted by atomic mass is 10.1. The van der Waals surface area contributed by atoms with Gasteiger partial charge in [-0.1, -0.05) is 13.3 Å². The van der Waals surface area contributed by atoms with Crippen molar-refractivity contribution in [3.63, 3.8) is 0 Å². The number of aromatic nitrogens is 2. The molecule has 1 saturated heterocycles. The van der Waals surface area contributed by atoms with Crippen molar-refractivity contribution in [1.82, 2.24) is 25.3 Å². The van der Waals surface area contributed by atoms with Gasteiger partial charge in [-0.25, -0.2) is 0 Å². The van der Waals surface area contributed by atoms with Crippen LogP contribution < -0.4 is 11.1 Å². The maximum atomic E-state index is 12.2. The second-order valence-corrected chi connectivity index (χ2v) is 5.82. The normalized spacial score (nSPS) is 20.6. The zero-order chi connectivity index (χ0) is 15.4. The van der Waals surface area contributed by atoms with E-state index < -0.39 is 0 Å². The molecule has 1 aliphatic rings. The number of aromatic amines is 1. The molecule has 21 heavy (non-hydrogen) atoms. The molecule has 118 valence electrons. The van der Waals surface area contributed by atoms with Crippen LogP contribution in [0.5, 0.6) is 0 Å². The van der Waals surface area contributed by atoms with Gasteiger partial charge in [0.15, 0.2) is 5.69 Å². The van der Waals surface area contributed by atoms with Gasteiger partial charge >= 0.3 is 0 Å². The zero-order valence-electron chi connectivity index (χ0n) is 13.1. The Morgan fingerprint density at radius 2 is 2.24 bits per heavy atom. The van der Waals surface area contributed by atoms with E-state index in [0.29, 0.717) is 24.0 Å². The number of amides is 1. The molecule has 1 aliphatic heterocycles. The fraction of sp³-hybridized carbons (Fsp3) is 0.714. The van der Waals surface area contributed by atoms with Crippen molar-refractivity contribution in [2.45, 2.75) is 25.8 Å². The summed E-state index contributed by atoms with van der Waals surface area (Å²) in [6.45, 7) is 5.70. The number of nitrogens with one attached hydrogen (secondary N) is 2. The molecule has 1 amide bonds. The van der Waals surface area contributed by atoms with Crippen LogP contribution in [-0.4, -0.2) is 72.2 Å². The van der Waals surface area contributed by atoms with Crippen LogP contribution in [0.4, 0.5) is 5.69 Å². The van der Waals surface area contributed by atoms with Crippen molar-refractivity contribution in [3.8, 4) is 0 Å². The number of nitrogen functional groups attached to an aromatic ring is 1. The average molecular weight is 294 g/mol. The van der Waals surface area contributed by atoms with E-state index in [9.17, 15) is 4.79 Å². The van der Waals surface area contributed by atoms with E-state index in [4.69, 9.17) is 5.73 Å². The SMILES string of the molecule is CCCc1[nH]nc(C(=O)NCC2CN(C)CCN2C)c1N. The fourth-order valence-electron chi connectivity index (χ4n) is 2.62. The largest absolute Gasteiger partial charge is 0.395 e. The minimum Gasteiger partial charge on any atom is -0.395 e. The summed E-state index contributed by atoms with van der Waals surface area (Å²) in [5.74, 6) is -0.201. The molecule has 0 spiro atoms. The van der Waals surface area contributed by atoms with Crippen LogP contribution >= 0.6 is 0 Å². The first-order chi connectivity index (χ1) is 10.0. The van der Waals surface area contributed by atoms with Gasteiger partial charge in [0.05, 0.1) is 11.4 Å². The summed E-state index contributed by atoms with van der Waals surface area (Å²) < 4.78 is 0. The maximum Gasteiger partial charge on any atom is 0.273 e. The highest BCUT2D eigenvalue weighted by atomic mass is 16.2. The lowest BCUT2D eigenvalue weighted by molar-refractivity contribution is 0.0877. The minimum atomic E-state index is -0.201. The maximum absolute atomic E-state index is 12.2. The molecule has 1 fully saturated rings. The molecule has 0 saturated carbocycles. The van der Waals surface area contributed by atoms with Crippen molar-refractivity contribution in [1.29, 1.82) is 0 Å².